The summed E-state index contributed by atoms with van der Waals surface area (Å²) in [6, 6.07) is 6.51. The molecule has 1 rings (SSSR count). The molecule has 0 radical (unpaired) electrons. The van der Waals surface area contributed by atoms with Gasteiger partial charge in [0.15, 0.2) is 0 Å². The van der Waals surface area contributed by atoms with Crippen LogP contribution < -0.4 is 5.73 Å². The summed E-state index contributed by atoms with van der Waals surface area (Å²) in [4.78, 5) is 0. The predicted molar refractivity (Wildman–Crippen MR) is 64.0 cm³/mol. The lowest BCUT2D eigenvalue weighted by Gasteiger charge is -2.15. The van der Waals surface area contributed by atoms with Gasteiger partial charge in [0.2, 0.25) is 0 Å². The number of rotatable bonds is 5. The second-order valence-electron chi connectivity index (χ2n) is 3.95. The second-order valence-corrected chi connectivity index (χ2v) is 3.95. The summed E-state index contributed by atoms with van der Waals surface area (Å²) in [5.74, 6) is 0. The Balaban J connectivity index is 2.61. The number of benzene rings is 1. The molecule has 1 aromatic carbocycles. The van der Waals surface area contributed by atoms with Crippen LogP contribution in [0.25, 0.3) is 0 Å². The van der Waals surface area contributed by atoms with Gasteiger partial charge in [-0.3, -0.25) is 0 Å². The summed E-state index contributed by atoms with van der Waals surface area (Å²) in [5, 5.41) is 0. The zero-order chi connectivity index (χ0) is 11.3. The van der Waals surface area contributed by atoms with Gasteiger partial charge in [0.1, 0.15) is 0 Å². The minimum absolute atomic E-state index is 0.0946. The first-order valence-corrected chi connectivity index (χ1v) is 5.55. The quantitative estimate of drug-likeness (QED) is 0.753. The minimum atomic E-state index is 0.0946. The maximum Gasteiger partial charge on any atom is 0.0483 e. The molecule has 0 saturated carbocycles. The summed E-state index contributed by atoms with van der Waals surface area (Å²) < 4.78 is 5.31. The SMILES string of the molecule is CCOCCC(N)c1ccc(C)cc1C. The number of ether oxygens (including phenoxy) is 1. The molecule has 0 aliphatic carbocycles. The Morgan fingerprint density at radius 1 is 1.33 bits per heavy atom. The van der Waals surface area contributed by atoms with E-state index in [1.807, 2.05) is 6.92 Å². The van der Waals surface area contributed by atoms with Gasteiger partial charge in [0.25, 0.3) is 0 Å². The first-order valence-electron chi connectivity index (χ1n) is 5.55. The number of hydrogen-bond donors (Lipinski definition) is 1. The number of aryl methyl sites for hydroxylation is 2. The Labute approximate surface area is 92.4 Å². The summed E-state index contributed by atoms with van der Waals surface area (Å²) in [7, 11) is 0. The third-order valence-corrected chi connectivity index (χ3v) is 2.60. The minimum Gasteiger partial charge on any atom is -0.382 e. The topological polar surface area (TPSA) is 35.2 Å². The van der Waals surface area contributed by atoms with Gasteiger partial charge in [-0.05, 0) is 38.3 Å². The standard InChI is InChI=1S/C13H21NO/c1-4-15-8-7-13(14)12-6-5-10(2)9-11(12)3/h5-6,9,13H,4,7-8,14H2,1-3H3. The normalized spacial score (nSPS) is 12.8. The van der Waals surface area contributed by atoms with Crippen LogP contribution in [0.1, 0.15) is 36.1 Å². The zero-order valence-corrected chi connectivity index (χ0v) is 9.92. The van der Waals surface area contributed by atoms with Crippen LogP contribution in [0.3, 0.4) is 0 Å². The van der Waals surface area contributed by atoms with Gasteiger partial charge in [0, 0.05) is 19.3 Å². The van der Waals surface area contributed by atoms with Crippen molar-refractivity contribution < 1.29 is 4.74 Å². The molecule has 0 heterocycles. The van der Waals surface area contributed by atoms with Gasteiger partial charge < -0.3 is 10.5 Å². The van der Waals surface area contributed by atoms with Gasteiger partial charge in [-0.25, -0.2) is 0 Å². The first-order chi connectivity index (χ1) is 7.15. The predicted octanol–water partition coefficient (Wildman–Crippen LogP) is 2.73. The van der Waals surface area contributed by atoms with Crippen molar-refractivity contribution in [3.63, 3.8) is 0 Å². The van der Waals surface area contributed by atoms with Gasteiger partial charge in [0.05, 0.1) is 0 Å². The largest absolute Gasteiger partial charge is 0.382 e. The van der Waals surface area contributed by atoms with E-state index in [2.05, 4.69) is 32.0 Å². The molecular formula is C13H21NO. The van der Waals surface area contributed by atoms with E-state index in [0.717, 1.165) is 19.6 Å². The Kier molecular flexibility index (Phi) is 4.79. The summed E-state index contributed by atoms with van der Waals surface area (Å²) in [5.41, 5.74) is 9.91. The molecule has 1 aromatic rings. The molecule has 0 saturated heterocycles. The molecule has 0 aromatic heterocycles. The second kappa shape index (κ2) is 5.89. The van der Waals surface area contributed by atoms with Gasteiger partial charge in [-0.15, -0.1) is 0 Å². The highest BCUT2D eigenvalue weighted by atomic mass is 16.5. The molecule has 0 aliphatic heterocycles. The maximum atomic E-state index is 6.11. The Hall–Kier alpha value is -0.860. The van der Waals surface area contributed by atoms with E-state index >= 15 is 0 Å². The van der Waals surface area contributed by atoms with Crippen molar-refractivity contribution in [2.45, 2.75) is 33.2 Å². The molecular weight excluding hydrogens is 186 g/mol. The fourth-order valence-corrected chi connectivity index (χ4v) is 1.75. The van der Waals surface area contributed by atoms with Crippen LogP contribution in [-0.2, 0) is 4.74 Å². The summed E-state index contributed by atoms with van der Waals surface area (Å²) in [6.45, 7) is 7.72. The lowest BCUT2D eigenvalue weighted by molar-refractivity contribution is 0.140. The molecule has 15 heavy (non-hydrogen) atoms. The summed E-state index contributed by atoms with van der Waals surface area (Å²) >= 11 is 0. The van der Waals surface area contributed by atoms with Crippen LogP contribution in [0.15, 0.2) is 18.2 Å². The molecule has 0 aliphatic rings. The molecule has 0 amide bonds. The highest BCUT2D eigenvalue weighted by Crippen LogP contribution is 2.19. The van der Waals surface area contributed by atoms with Crippen molar-refractivity contribution in [2.75, 3.05) is 13.2 Å². The maximum absolute atomic E-state index is 6.11. The molecule has 1 atom stereocenters. The van der Waals surface area contributed by atoms with Crippen molar-refractivity contribution in [3.05, 3.63) is 34.9 Å². The highest BCUT2D eigenvalue weighted by Gasteiger charge is 2.08. The molecule has 2 nitrogen and oxygen atoms in total. The Bertz CT molecular complexity index is 309. The molecule has 1 unspecified atom stereocenters. The molecule has 2 heteroatoms. The molecule has 0 spiro atoms. The van der Waals surface area contributed by atoms with Crippen molar-refractivity contribution in [3.8, 4) is 0 Å². The van der Waals surface area contributed by atoms with Crippen molar-refractivity contribution >= 4 is 0 Å². The number of nitrogens with two attached hydrogens (primary N) is 1. The third-order valence-electron chi connectivity index (χ3n) is 2.60. The van der Waals surface area contributed by atoms with Crippen LogP contribution >= 0.6 is 0 Å². The van der Waals surface area contributed by atoms with Gasteiger partial charge in [-0.2, -0.15) is 0 Å². The number of hydrogen-bond acceptors (Lipinski definition) is 2. The monoisotopic (exact) mass is 207 g/mol. The molecule has 84 valence electrons. The van der Waals surface area contributed by atoms with E-state index in [4.69, 9.17) is 10.5 Å². The Morgan fingerprint density at radius 2 is 2.07 bits per heavy atom. The average Bonchev–Trinajstić information content (AvgIpc) is 2.17. The van der Waals surface area contributed by atoms with Crippen LogP contribution in [0, 0.1) is 13.8 Å². The van der Waals surface area contributed by atoms with E-state index in [9.17, 15) is 0 Å². The molecule has 2 N–H and O–H groups in total. The smallest absolute Gasteiger partial charge is 0.0483 e. The average molecular weight is 207 g/mol. The van der Waals surface area contributed by atoms with Gasteiger partial charge in [-0.1, -0.05) is 23.8 Å². The first kappa shape index (κ1) is 12.2. The Morgan fingerprint density at radius 3 is 2.67 bits per heavy atom. The van der Waals surface area contributed by atoms with E-state index < -0.39 is 0 Å². The van der Waals surface area contributed by atoms with Crippen LogP contribution in [0.4, 0.5) is 0 Å². The fourth-order valence-electron chi connectivity index (χ4n) is 1.75. The fraction of sp³-hybridized carbons (Fsp3) is 0.538. The van der Waals surface area contributed by atoms with Crippen LogP contribution in [-0.4, -0.2) is 13.2 Å². The highest BCUT2D eigenvalue weighted by molar-refractivity contribution is 5.32. The van der Waals surface area contributed by atoms with Crippen LogP contribution in [0.5, 0.6) is 0 Å². The summed E-state index contributed by atoms with van der Waals surface area (Å²) in [6.07, 6.45) is 0.887. The van der Waals surface area contributed by atoms with E-state index in [0.29, 0.717) is 0 Å². The van der Waals surface area contributed by atoms with Crippen molar-refractivity contribution in [1.82, 2.24) is 0 Å². The zero-order valence-electron chi connectivity index (χ0n) is 9.92. The lowest BCUT2D eigenvalue weighted by atomic mass is 9.98. The molecule has 0 fully saturated rings. The van der Waals surface area contributed by atoms with E-state index in [1.165, 1.54) is 16.7 Å². The van der Waals surface area contributed by atoms with Gasteiger partial charge >= 0.3 is 0 Å². The van der Waals surface area contributed by atoms with Crippen LogP contribution in [0.2, 0.25) is 0 Å². The van der Waals surface area contributed by atoms with E-state index in [-0.39, 0.29) is 6.04 Å². The van der Waals surface area contributed by atoms with Crippen molar-refractivity contribution in [2.24, 2.45) is 5.73 Å². The van der Waals surface area contributed by atoms with Crippen molar-refractivity contribution in [1.29, 1.82) is 0 Å². The van der Waals surface area contributed by atoms with E-state index in [1.54, 1.807) is 0 Å². The lowest BCUT2D eigenvalue weighted by Crippen LogP contribution is -2.14. The third kappa shape index (κ3) is 3.65. The molecule has 0 bridgehead atoms.